The number of carbonyl (C=O) groups is 1. The SMILES string of the molecule is COc1ccc(/C=N\NC(=O)c2cc(-c3ccccc3)n[nH]2)c(OC)c1OC. The molecule has 0 atom stereocenters. The van der Waals surface area contributed by atoms with Gasteiger partial charge in [-0.1, -0.05) is 30.3 Å². The topological polar surface area (TPSA) is 97.8 Å². The Balaban J connectivity index is 1.73. The second-order valence-electron chi connectivity index (χ2n) is 5.66. The van der Waals surface area contributed by atoms with E-state index in [1.165, 1.54) is 20.4 Å². The van der Waals surface area contributed by atoms with Crippen molar-refractivity contribution in [2.24, 2.45) is 5.10 Å². The summed E-state index contributed by atoms with van der Waals surface area (Å²) >= 11 is 0. The Bertz CT molecular complexity index is 983. The van der Waals surface area contributed by atoms with Gasteiger partial charge in [0.2, 0.25) is 5.75 Å². The van der Waals surface area contributed by atoms with E-state index >= 15 is 0 Å². The van der Waals surface area contributed by atoms with Gasteiger partial charge < -0.3 is 14.2 Å². The summed E-state index contributed by atoms with van der Waals surface area (Å²) in [6, 6.07) is 14.7. The van der Waals surface area contributed by atoms with Gasteiger partial charge in [-0.25, -0.2) is 5.43 Å². The molecule has 0 bridgehead atoms. The number of carbonyl (C=O) groups excluding carboxylic acids is 1. The van der Waals surface area contributed by atoms with Crippen LogP contribution in [-0.2, 0) is 0 Å². The monoisotopic (exact) mass is 380 g/mol. The number of aromatic nitrogens is 2. The standard InChI is InChI=1S/C20H20N4O4/c1-26-17-10-9-14(18(27-2)19(17)28-3)12-21-24-20(25)16-11-15(22-23-16)13-7-5-4-6-8-13/h4-12H,1-3H3,(H,22,23)(H,24,25)/b21-12-. The van der Waals surface area contributed by atoms with E-state index in [4.69, 9.17) is 14.2 Å². The number of nitrogens with zero attached hydrogens (tertiary/aromatic N) is 2. The van der Waals surface area contributed by atoms with E-state index in [1.54, 1.807) is 25.3 Å². The Kier molecular flexibility index (Phi) is 5.91. The number of H-pyrrole nitrogens is 1. The van der Waals surface area contributed by atoms with Gasteiger partial charge in [0.1, 0.15) is 5.69 Å². The third kappa shape index (κ3) is 3.96. The van der Waals surface area contributed by atoms with Gasteiger partial charge in [0.15, 0.2) is 11.5 Å². The number of rotatable bonds is 7. The van der Waals surface area contributed by atoms with Crippen molar-refractivity contribution < 1.29 is 19.0 Å². The molecule has 0 aliphatic heterocycles. The first-order chi connectivity index (χ1) is 13.7. The minimum Gasteiger partial charge on any atom is -0.493 e. The van der Waals surface area contributed by atoms with Crippen LogP contribution in [0.3, 0.4) is 0 Å². The molecule has 0 unspecified atom stereocenters. The summed E-state index contributed by atoms with van der Waals surface area (Å²) in [5, 5.41) is 10.9. The Morgan fingerprint density at radius 1 is 1.04 bits per heavy atom. The normalized spacial score (nSPS) is 10.7. The first kappa shape index (κ1) is 19.0. The second kappa shape index (κ2) is 8.72. The van der Waals surface area contributed by atoms with E-state index < -0.39 is 5.91 Å². The average Bonchev–Trinajstić information content (AvgIpc) is 3.24. The smallest absolute Gasteiger partial charge is 0.289 e. The van der Waals surface area contributed by atoms with E-state index in [-0.39, 0.29) is 0 Å². The number of hydrogen-bond donors (Lipinski definition) is 2. The fourth-order valence-electron chi connectivity index (χ4n) is 2.64. The minimum absolute atomic E-state index is 0.301. The Morgan fingerprint density at radius 3 is 2.46 bits per heavy atom. The maximum Gasteiger partial charge on any atom is 0.289 e. The van der Waals surface area contributed by atoms with Crippen LogP contribution >= 0.6 is 0 Å². The molecule has 0 fully saturated rings. The number of aromatic amines is 1. The zero-order valence-corrected chi connectivity index (χ0v) is 15.7. The molecule has 2 N–H and O–H groups in total. The van der Waals surface area contributed by atoms with Crippen LogP contribution in [0.25, 0.3) is 11.3 Å². The molecule has 0 saturated heterocycles. The minimum atomic E-state index is -0.412. The van der Waals surface area contributed by atoms with Crippen molar-refractivity contribution in [1.82, 2.24) is 15.6 Å². The molecular formula is C20H20N4O4. The van der Waals surface area contributed by atoms with Gasteiger partial charge in [-0.05, 0) is 18.2 Å². The zero-order valence-electron chi connectivity index (χ0n) is 15.7. The first-order valence-electron chi connectivity index (χ1n) is 8.41. The summed E-state index contributed by atoms with van der Waals surface area (Å²) in [7, 11) is 4.58. The molecule has 1 aromatic heterocycles. The Morgan fingerprint density at radius 2 is 1.79 bits per heavy atom. The highest BCUT2D eigenvalue weighted by atomic mass is 16.5. The molecule has 0 spiro atoms. The average molecular weight is 380 g/mol. The Labute approximate surface area is 162 Å². The van der Waals surface area contributed by atoms with Crippen LogP contribution in [-0.4, -0.2) is 43.6 Å². The molecule has 2 aromatic carbocycles. The van der Waals surface area contributed by atoms with Crippen molar-refractivity contribution in [1.29, 1.82) is 0 Å². The van der Waals surface area contributed by atoms with Crippen molar-refractivity contribution in [3.8, 4) is 28.5 Å². The molecular weight excluding hydrogens is 360 g/mol. The van der Waals surface area contributed by atoms with Gasteiger partial charge in [0, 0.05) is 11.1 Å². The number of amides is 1. The molecule has 28 heavy (non-hydrogen) atoms. The molecule has 1 amide bonds. The van der Waals surface area contributed by atoms with E-state index in [0.717, 1.165) is 5.56 Å². The lowest BCUT2D eigenvalue weighted by Gasteiger charge is -2.13. The highest BCUT2D eigenvalue weighted by Gasteiger charge is 2.15. The predicted octanol–water partition coefficient (Wildman–Crippen LogP) is 2.87. The summed E-state index contributed by atoms with van der Waals surface area (Å²) in [6.07, 6.45) is 1.47. The van der Waals surface area contributed by atoms with Crippen LogP contribution < -0.4 is 19.6 Å². The Hall–Kier alpha value is -3.81. The summed E-state index contributed by atoms with van der Waals surface area (Å²) in [5.74, 6) is 1.02. The summed E-state index contributed by atoms with van der Waals surface area (Å²) in [6.45, 7) is 0. The third-order valence-electron chi connectivity index (χ3n) is 4.00. The molecule has 0 saturated carbocycles. The molecule has 144 valence electrons. The predicted molar refractivity (Wildman–Crippen MR) is 105 cm³/mol. The number of hydrogen-bond acceptors (Lipinski definition) is 6. The first-order valence-corrected chi connectivity index (χ1v) is 8.41. The molecule has 3 aromatic rings. The number of methoxy groups -OCH3 is 3. The van der Waals surface area contributed by atoms with E-state index in [2.05, 4.69) is 20.7 Å². The van der Waals surface area contributed by atoms with Crippen molar-refractivity contribution in [2.75, 3.05) is 21.3 Å². The number of nitrogens with one attached hydrogen (secondary N) is 2. The third-order valence-corrected chi connectivity index (χ3v) is 4.00. The maximum atomic E-state index is 12.3. The highest BCUT2D eigenvalue weighted by molar-refractivity contribution is 5.94. The molecule has 8 heteroatoms. The molecule has 0 radical (unpaired) electrons. The van der Waals surface area contributed by atoms with Gasteiger partial charge >= 0.3 is 0 Å². The van der Waals surface area contributed by atoms with Crippen molar-refractivity contribution >= 4 is 12.1 Å². The molecule has 3 rings (SSSR count). The fraction of sp³-hybridized carbons (Fsp3) is 0.150. The van der Waals surface area contributed by atoms with Crippen molar-refractivity contribution in [2.45, 2.75) is 0 Å². The highest BCUT2D eigenvalue weighted by Crippen LogP contribution is 2.38. The van der Waals surface area contributed by atoms with E-state index in [9.17, 15) is 4.79 Å². The van der Waals surface area contributed by atoms with E-state index in [0.29, 0.717) is 34.2 Å². The van der Waals surface area contributed by atoms with Gasteiger partial charge in [-0.2, -0.15) is 10.2 Å². The lowest BCUT2D eigenvalue weighted by atomic mass is 10.1. The number of benzene rings is 2. The van der Waals surface area contributed by atoms with Crippen LogP contribution in [0.2, 0.25) is 0 Å². The number of hydrazone groups is 1. The largest absolute Gasteiger partial charge is 0.493 e. The van der Waals surface area contributed by atoms with Gasteiger partial charge in [-0.15, -0.1) is 0 Å². The quantitative estimate of drug-likeness (QED) is 0.485. The summed E-state index contributed by atoms with van der Waals surface area (Å²) < 4.78 is 16.0. The number of ether oxygens (including phenoxy) is 3. The lowest BCUT2D eigenvalue weighted by molar-refractivity contribution is 0.0950. The van der Waals surface area contributed by atoms with Crippen molar-refractivity contribution in [3.63, 3.8) is 0 Å². The van der Waals surface area contributed by atoms with Gasteiger partial charge in [-0.3, -0.25) is 9.89 Å². The van der Waals surface area contributed by atoms with Gasteiger partial charge in [0.25, 0.3) is 5.91 Å². The second-order valence-corrected chi connectivity index (χ2v) is 5.66. The summed E-state index contributed by atoms with van der Waals surface area (Å²) in [5.41, 5.74) is 4.97. The van der Waals surface area contributed by atoms with Crippen LogP contribution in [0.15, 0.2) is 53.6 Å². The lowest BCUT2D eigenvalue weighted by Crippen LogP contribution is -2.18. The fourth-order valence-corrected chi connectivity index (χ4v) is 2.64. The van der Waals surface area contributed by atoms with Crippen LogP contribution in [0.4, 0.5) is 0 Å². The zero-order chi connectivity index (χ0) is 19.9. The van der Waals surface area contributed by atoms with Gasteiger partial charge in [0.05, 0.1) is 33.2 Å². The summed E-state index contributed by atoms with van der Waals surface area (Å²) in [4.78, 5) is 12.3. The maximum absolute atomic E-state index is 12.3. The molecule has 1 heterocycles. The molecule has 0 aliphatic carbocycles. The molecule has 0 aliphatic rings. The van der Waals surface area contributed by atoms with Crippen LogP contribution in [0, 0.1) is 0 Å². The van der Waals surface area contributed by atoms with Crippen LogP contribution in [0.5, 0.6) is 17.2 Å². The van der Waals surface area contributed by atoms with Crippen molar-refractivity contribution in [3.05, 3.63) is 59.8 Å². The van der Waals surface area contributed by atoms with E-state index in [1.807, 2.05) is 30.3 Å². The van der Waals surface area contributed by atoms with Crippen LogP contribution in [0.1, 0.15) is 16.1 Å². The molecule has 8 nitrogen and oxygen atoms in total.